The van der Waals surface area contributed by atoms with Gasteiger partial charge < -0.3 is 10.8 Å². The third-order valence-corrected chi connectivity index (χ3v) is 4.65. The van der Waals surface area contributed by atoms with Gasteiger partial charge in [-0.3, -0.25) is 9.69 Å². The molecular formula is C19H29N3O2. The van der Waals surface area contributed by atoms with Gasteiger partial charge in [-0.2, -0.15) is 0 Å². The molecule has 1 aliphatic heterocycles. The summed E-state index contributed by atoms with van der Waals surface area (Å²) in [6.07, 6.45) is 6.54. The number of carbonyl (C=O) groups is 1. The fraction of sp³-hybridized carbons (Fsp3) is 0.579. The van der Waals surface area contributed by atoms with E-state index in [0.29, 0.717) is 18.9 Å². The van der Waals surface area contributed by atoms with Gasteiger partial charge in [-0.25, -0.2) is 4.99 Å². The van der Waals surface area contributed by atoms with E-state index in [4.69, 9.17) is 10.7 Å². The molecule has 5 heteroatoms. The lowest BCUT2D eigenvalue weighted by Gasteiger charge is -2.37. The molecule has 1 aromatic carbocycles. The molecule has 0 saturated heterocycles. The van der Waals surface area contributed by atoms with Gasteiger partial charge in [0, 0.05) is 0 Å². The number of hydrogen-bond acceptors (Lipinski definition) is 4. The van der Waals surface area contributed by atoms with Crippen molar-refractivity contribution < 1.29 is 9.90 Å². The van der Waals surface area contributed by atoms with Crippen molar-refractivity contribution in [2.24, 2.45) is 10.7 Å². The lowest BCUT2D eigenvalue weighted by molar-refractivity contribution is -0.130. The van der Waals surface area contributed by atoms with Crippen molar-refractivity contribution in [2.45, 2.75) is 70.9 Å². The highest BCUT2D eigenvalue weighted by molar-refractivity contribution is 5.99. The van der Waals surface area contributed by atoms with Crippen LogP contribution >= 0.6 is 0 Å². The molecule has 0 saturated carbocycles. The second-order valence-electron chi connectivity index (χ2n) is 6.73. The van der Waals surface area contributed by atoms with E-state index in [1.165, 1.54) is 4.90 Å². The zero-order valence-corrected chi connectivity index (χ0v) is 14.8. The highest BCUT2D eigenvalue weighted by Crippen LogP contribution is 2.33. The van der Waals surface area contributed by atoms with Crippen LogP contribution in [0.25, 0.3) is 0 Å². The van der Waals surface area contributed by atoms with Gasteiger partial charge >= 0.3 is 0 Å². The number of unbranched alkanes of at least 4 members (excludes halogenated alkanes) is 2. The zero-order chi connectivity index (χ0) is 17.6. The molecule has 1 aromatic rings. The van der Waals surface area contributed by atoms with Gasteiger partial charge in [0.1, 0.15) is 5.75 Å². The summed E-state index contributed by atoms with van der Waals surface area (Å²) in [6, 6.07) is 6.89. The van der Waals surface area contributed by atoms with E-state index in [1.807, 2.05) is 6.07 Å². The van der Waals surface area contributed by atoms with Gasteiger partial charge in [0.05, 0.1) is 18.5 Å². The van der Waals surface area contributed by atoms with Crippen molar-refractivity contribution >= 4 is 11.9 Å². The minimum Gasteiger partial charge on any atom is -0.508 e. The molecule has 0 aromatic heterocycles. The molecule has 0 atom stereocenters. The number of amides is 1. The van der Waals surface area contributed by atoms with Gasteiger partial charge in [-0.15, -0.1) is 0 Å². The number of phenols is 1. The Morgan fingerprint density at radius 3 is 2.46 bits per heavy atom. The van der Waals surface area contributed by atoms with Crippen LogP contribution in [0.1, 0.15) is 64.4 Å². The summed E-state index contributed by atoms with van der Waals surface area (Å²) < 4.78 is 0. The van der Waals surface area contributed by atoms with Gasteiger partial charge in [0.25, 0.3) is 0 Å². The van der Waals surface area contributed by atoms with E-state index >= 15 is 0 Å². The first-order chi connectivity index (χ1) is 11.5. The Morgan fingerprint density at radius 2 is 1.92 bits per heavy atom. The third-order valence-electron chi connectivity index (χ3n) is 4.65. The standard InChI is InChI=1S/C19H29N3O2/c1-3-5-10-19(11-6-4-2)13-17(24)22(18(20)21-19)14-15-8-7-9-16(23)12-15/h7-9,12,23H,3-6,10-11,13-14H2,1-2H3,(H2,20,21). The van der Waals surface area contributed by atoms with Crippen LogP contribution in [0.15, 0.2) is 29.3 Å². The minimum atomic E-state index is -0.331. The fourth-order valence-electron chi connectivity index (χ4n) is 3.28. The van der Waals surface area contributed by atoms with Crippen LogP contribution in [0.3, 0.4) is 0 Å². The molecule has 2 rings (SSSR count). The van der Waals surface area contributed by atoms with E-state index in [2.05, 4.69) is 13.8 Å². The second kappa shape index (κ2) is 8.18. The summed E-state index contributed by atoms with van der Waals surface area (Å²) in [6.45, 7) is 4.65. The molecule has 1 amide bonds. The number of aromatic hydroxyl groups is 1. The Morgan fingerprint density at radius 1 is 1.25 bits per heavy atom. The number of carbonyl (C=O) groups excluding carboxylic acids is 1. The lowest BCUT2D eigenvalue weighted by atomic mass is 9.83. The molecule has 1 heterocycles. The minimum absolute atomic E-state index is 0.0260. The maximum absolute atomic E-state index is 12.7. The van der Waals surface area contributed by atoms with E-state index in [9.17, 15) is 9.90 Å². The first-order valence-corrected chi connectivity index (χ1v) is 8.93. The Balaban J connectivity index is 2.20. The number of hydrogen-bond donors (Lipinski definition) is 2. The smallest absolute Gasteiger partial charge is 0.232 e. The predicted octanol–water partition coefficient (Wildman–Crippen LogP) is 3.56. The van der Waals surface area contributed by atoms with Crippen LogP contribution in [0.2, 0.25) is 0 Å². The van der Waals surface area contributed by atoms with Crippen LogP contribution in [-0.2, 0) is 11.3 Å². The van der Waals surface area contributed by atoms with Crippen LogP contribution in [0.5, 0.6) is 5.75 Å². The maximum Gasteiger partial charge on any atom is 0.232 e. The van der Waals surface area contributed by atoms with E-state index in [0.717, 1.165) is 44.1 Å². The van der Waals surface area contributed by atoms with Crippen molar-refractivity contribution in [3.8, 4) is 5.75 Å². The Kier molecular flexibility index (Phi) is 6.23. The van der Waals surface area contributed by atoms with Gasteiger partial charge in [-0.1, -0.05) is 51.7 Å². The van der Waals surface area contributed by atoms with E-state index < -0.39 is 0 Å². The molecule has 0 fully saturated rings. The predicted molar refractivity (Wildman–Crippen MR) is 96.7 cm³/mol. The van der Waals surface area contributed by atoms with Crippen LogP contribution < -0.4 is 5.73 Å². The molecule has 5 nitrogen and oxygen atoms in total. The first-order valence-electron chi connectivity index (χ1n) is 8.93. The quantitative estimate of drug-likeness (QED) is 0.764. The fourth-order valence-corrected chi connectivity index (χ4v) is 3.28. The number of rotatable bonds is 8. The SMILES string of the molecule is CCCCC1(CCCC)CC(=O)N(Cc2cccc(O)c2)C(N)=N1. The van der Waals surface area contributed by atoms with Gasteiger partial charge in [-0.05, 0) is 30.5 Å². The first kappa shape index (κ1) is 18.3. The molecule has 132 valence electrons. The summed E-state index contributed by atoms with van der Waals surface area (Å²) in [5.74, 6) is 0.521. The second-order valence-corrected chi connectivity index (χ2v) is 6.73. The molecule has 0 radical (unpaired) electrons. The molecule has 0 unspecified atom stereocenters. The Bertz CT molecular complexity index is 590. The number of guanidine groups is 1. The van der Waals surface area contributed by atoms with E-state index in [-0.39, 0.29) is 17.2 Å². The highest BCUT2D eigenvalue weighted by atomic mass is 16.3. The summed E-state index contributed by atoms with van der Waals surface area (Å²) in [5.41, 5.74) is 6.68. The molecular weight excluding hydrogens is 302 g/mol. The van der Waals surface area contributed by atoms with Crippen LogP contribution in [0.4, 0.5) is 0 Å². The molecule has 1 aliphatic rings. The molecule has 24 heavy (non-hydrogen) atoms. The summed E-state index contributed by atoms with van der Waals surface area (Å²) >= 11 is 0. The number of phenolic OH excluding ortho intramolecular Hbond substituents is 1. The van der Waals surface area contributed by atoms with Crippen molar-refractivity contribution in [1.82, 2.24) is 4.90 Å². The molecule has 3 N–H and O–H groups in total. The third kappa shape index (κ3) is 4.49. The van der Waals surface area contributed by atoms with E-state index in [1.54, 1.807) is 18.2 Å². The Hall–Kier alpha value is -2.04. The number of nitrogens with zero attached hydrogens (tertiary/aromatic N) is 2. The van der Waals surface area contributed by atoms with Crippen molar-refractivity contribution in [1.29, 1.82) is 0 Å². The summed E-state index contributed by atoms with van der Waals surface area (Å²) in [7, 11) is 0. The molecule has 0 bridgehead atoms. The zero-order valence-electron chi connectivity index (χ0n) is 14.8. The monoisotopic (exact) mass is 331 g/mol. The largest absolute Gasteiger partial charge is 0.508 e. The summed E-state index contributed by atoms with van der Waals surface area (Å²) in [4.78, 5) is 19.0. The van der Waals surface area contributed by atoms with Gasteiger partial charge in [0.2, 0.25) is 5.91 Å². The average molecular weight is 331 g/mol. The highest BCUT2D eigenvalue weighted by Gasteiger charge is 2.38. The molecule has 0 aliphatic carbocycles. The normalized spacial score (nSPS) is 17.0. The average Bonchev–Trinajstić information content (AvgIpc) is 2.55. The number of nitrogens with two attached hydrogens (primary N) is 1. The van der Waals surface area contributed by atoms with Crippen molar-refractivity contribution in [3.63, 3.8) is 0 Å². The summed E-state index contributed by atoms with van der Waals surface area (Å²) in [5, 5.41) is 9.59. The topological polar surface area (TPSA) is 78.9 Å². The van der Waals surface area contributed by atoms with Crippen molar-refractivity contribution in [2.75, 3.05) is 0 Å². The van der Waals surface area contributed by atoms with Crippen molar-refractivity contribution in [3.05, 3.63) is 29.8 Å². The maximum atomic E-state index is 12.7. The number of aliphatic imine (C=N–C) groups is 1. The lowest BCUT2D eigenvalue weighted by Crippen LogP contribution is -2.51. The van der Waals surface area contributed by atoms with Crippen LogP contribution in [0, 0.1) is 0 Å². The molecule has 0 spiro atoms. The van der Waals surface area contributed by atoms with Gasteiger partial charge in [0.15, 0.2) is 5.96 Å². The number of benzene rings is 1. The Labute approximate surface area is 144 Å². The van der Waals surface area contributed by atoms with Crippen LogP contribution in [-0.4, -0.2) is 27.4 Å².